The van der Waals surface area contributed by atoms with Gasteiger partial charge in [0.05, 0.1) is 26.9 Å². The van der Waals surface area contributed by atoms with Crippen molar-refractivity contribution < 1.29 is 19.0 Å². The maximum Gasteiger partial charge on any atom is 0.254 e. The molecule has 0 saturated carbocycles. The molecule has 5 nitrogen and oxygen atoms in total. The largest absolute Gasteiger partial charge is 0.497 e. The predicted molar refractivity (Wildman–Crippen MR) is 102 cm³/mol. The van der Waals surface area contributed by atoms with Crippen LogP contribution in [0.25, 0.3) is 0 Å². The molecule has 0 aromatic heterocycles. The summed E-state index contributed by atoms with van der Waals surface area (Å²) in [5.41, 5.74) is 1.60. The standard InChI is InChI=1S/C21H27NO4/c1-6-22(15(3)16-9-8-10-18(13-16)24-4)21(23)17-11-12-19(26-7-2)20(14-17)25-5/h8-15H,6-7H2,1-5H3. The summed E-state index contributed by atoms with van der Waals surface area (Å²) in [4.78, 5) is 14.9. The first-order chi connectivity index (χ1) is 12.5. The van der Waals surface area contributed by atoms with Crippen LogP contribution in [-0.4, -0.2) is 38.2 Å². The molecule has 1 atom stereocenters. The van der Waals surface area contributed by atoms with Crippen LogP contribution in [0.4, 0.5) is 0 Å². The summed E-state index contributed by atoms with van der Waals surface area (Å²) in [6.45, 7) is 7.03. The van der Waals surface area contributed by atoms with Crippen LogP contribution in [-0.2, 0) is 0 Å². The molecule has 5 heteroatoms. The van der Waals surface area contributed by atoms with Gasteiger partial charge in [-0.05, 0) is 56.7 Å². The lowest BCUT2D eigenvalue weighted by molar-refractivity contribution is 0.0701. The van der Waals surface area contributed by atoms with E-state index in [1.165, 1.54) is 0 Å². The number of ether oxygens (including phenoxy) is 3. The van der Waals surface area contributed by atoms with Crippen molar-refractivity contribution in [3.05, 3.63) is 53.6 Å². The fourth-order valence-corrected chi connectivity index (χ4v) is 2.92. The highest BCUT2D eigenvalue weighted by atomic mass is 16.5. The van der Waals surface area contributed by atoms with Crippen LogP contribution in [0.15, 0.2) is 42.5 Å². The van der Waals surface area contributed by atoms with Crippen molar-refractivity contribution >= 4 is 5.91 Å². The highest BCUT2D eigenvalue weighted by Gasteiger charge is 2.22. The topological polar surface area (TPSA) is 48.0 Å². The minimum Gasteiger partial charge on any atom is -0.497 e. The van der Waals surface area contributed by atoms with E-state index in [0.717, 1.165) is 11.3 Å². The van der Waals surface area contributed by atoms with Gasteiger partial charge in [0.15, 0.2) is 11.5 Å². The zero-order valence-corrected chi connectivity index (χ0v) is 16.1. The summed E-state index contributed by atoms with van der Waals surface area (Å²) in [7, 11) is 3.21. The highest BCUT2D eigenvalue weighted by molar-refractivity contribution is 5.95. The van der Waals surface area contributed by atoms with Gasteiger partial charge in [-0.15, -0.1) is 0 Å². The number of nitrogens with zero attached hydrogens (tertiary/aromatic N) is 1. The zero-order chi connectivity index (χ0) is 19.1. The monoisotopic (exact) mass is 357 g/mol. The predicted octanol–water partition coefficient (Wildman–Crippen LogP) is 4.33. The number of hydrogen-bond donors (Lipinski definition) is 0. The summed E-state index contributed by atoms with van der Waals surface area (Å²) >= 11 is 0. The number of carbonyl (C=O) groups excluding carboxylic acids is 1. The van der Waals surface area contributed by atoms with Crippen LogP contribution in [0, 0.1) is 0 Å². The lowest BCUT2D eigenvalue weighted by Crippen LogP contribution is -2.33. The molecule has 1 amide bonds. The van der Waals surface area contributed by atoms with E-state index >= 15 is 0 Å². The Morgan fingerprint density at radius 1 is 1.04 bits per heavy atom. The van der Waals surface area contributed by atoms with E-state index in [9.17, 15) is 4.79 Å². The summed E-state index contributed by atoms with van der Waals surface area (Å²) in [6, 6.07) is 13.0. The van der Waals surface area contributed by atoms with E-state index in [2.05, 4.69) is 0 Å². The molecule has 1 unspecified atom stereocenters. The molecule has 0 heterocycles. The van der Waals surface area contributed by atoms with Crippen LogP contribution >= 0.6 is 0 Å². The van der Waals surface area contributed by atoms with Gasteiger partial charge in [0, 0.05) is 12.1 Å². The van der Waals surface area contributed by atoms with E-state index in [1.54, 1.807) is 32.4 Å². The number of benzene rings is 2. The van der Waals surface area contributed by atoms with E-state index < -0.39 is 0 Å². The molecule has 0 aliphatic rings. The molecule has 0 saturated heterocycles. The first-order valence-corrected chi connectivity index (χ1v) is 8.81. The maximum absolute atomic E-state index is 13.1. The van der Waals surface area contributed by atoms with Gasteiger partial charge in [0.2, 0.25) is 0 Å². The van der Waals surface area contributed by atoms with Crippen LogP contribution in [0.2, 0.25) is 0 Å². The fourth-order valence-electron chi connectivity index (χ4n) is 2.92. The minimum atomic E-state index is -0.0832. The number of methoxy groups -OCH3 is 2. The van der Waals surface area contributed by atoms with Crippen LogP contribution in [0.3, 0.4) is 0 Å². The van der Waals surface area contributed by atoms with Gasteiger partial charge in [-0.25, -0.2) is 0 Å². The van der Waals surface area contributed by atoms with Gasteiger partial charge in [-0.3, -0.25) is 4.79 Å². The molecule has 0 aliphatic heterocycles. The molecule has 2 rings (SSSR count). The molecule has 2 aromatic rings. The summed E-state index contributed by atoms with van der Waals surface area (Å²) in [6.07, 6.45) is 0. The normalized spacial score (nSPS) is 11.6. The van der Waals surface area contributed by atoms with Crippen LogP contribution in [0.1, 0.15) is 42.7 Å². The molecule has 0 radical (unpaired) electrons. The second kappa shape index (κ2) is 9.13. The number of rotatable bonds is 8. The molecule has 26 heavy (non-hydrogen) atoms. The minimum absolute atomic E-state index is 0.0517. The molecule has 0 N–H and O–H groups in total. The van der Waals surface area contributed by atoms with Crippen molar-refractivity contribution in [3.63, 3.8) is 0 Å². The molecule has 2 aromatic carbocycles. The van der Waals surface area contributed by atoms with Gasteiger partial charge in [-0.2, -0.15) is 0 Å². The third-order valence-corrected chi connectivity index (χ3v) is 4.36. The molecule has 0 fully saturated rings. The van der Waals surface area contributed by atoms with E-state index in [-0.39, 0.29) is 11.9 Å². The SMILES string of the molecule is CCOc1ccc(C(=O)N(CC)C(C)c2cccc(OC)c2)cc1OC. The molecule has 0 bridgehead atoms. The maximum atomic E-state index is 13.1. The van der Waals surface area contributed by atoms with E-state index in [1.807, 2.05) is 49.9 Å². The Kier molecular flexibility index (Phi) is 6.89. The summed E-state index contributed by atoms with van der Waals surface area (Å²) in [5, 5.41) is 0. The number of carbonyl (C=O) groups is 1. The lowest BCUT2D eigenvalue weighted by atomic mass is 10.0. The smallest absolute Gasteiger partial charge is 0.254 e. The Bertz CT molecular complexity index is 745. The Morgan fingerprint density at radius 2 is 1.81 bits per heavy atom. The molecular formula is C21H27NO4. The van der Waals surface area contributed by atoms with Crippen molar-refractivity contribution in [2.75, 3.05) is 27.4 Å². The van der Waals surface area contributed by atoms with Crippen molar-refractivity contribution in [2.24, 2.45) is 0 Å². The molecular weight excluding hydrogens is 330 g/mol. The van der Waals surface area contributed by atoms with Gasteiger partial charge >= 0.3 is 0 Å². The highest BCUT2D eigenvalue weighted by Crippen LogP contribution is 2.30. The van der Waals surface area contributed by atoms with Gasteiger partial charge in [0.25, 0.3) is 5.91 Å². The molecule has 0 aliphatic carbocycles. The van der Waals surface area contributed by atoms with Crippen molar-refractivity contribution in [1.29, 1.82) is 0 Å². The first kappa shape index (κ1) is 19.6. The second-order valence-electron chi connectivity index (χ2n) is 5.84. The number of hydrogen-bond acceptors (Lipinski definition) is 4. The summed E-state index contributed by atoms with van der Waals surface area (Å²) in [5.74, 6) is 1.92. The Hall–Kier alpha value is -2.69. The Morgan fingerprint density at radius 3 is 2.42 bits per heavy atom. The zero-order valence-electron chi connectivity index (χ0n) is 16.1. The third kappa shape index (κ3) is 4.28. The van der Waals surface area contributed by atoms with E-state index in [0.29, 0.717) is 30.2 Å². The average Bonchev–Trinajstić information content (AvgIpc) is 2.68. The fraction of sp³-hybridized carbons (Fsp3) is 0.381. The van der Waals surface area contributed by atoms with Crippen molar-refractivity contribution in [3.8, 4) is 17.2 Å². The quantitative estimate of drug-likeness (QED) is 0.706. The van der Waals surface area contributed by atoms with Gasteiger partial charge in [-0.1, -0.05) is 12.1 Å². The van der Waals surface area contributed by atoms with Gasteiger partial charge < -0.3 is 19.1 Å². The molecule has 0 spiro atoms. The number of amides is 1. The first-order valence-electron chi connectivity index (χ1n) is 8.81. The van der Waals surface area contributed by atoms with Crippen LogP contribution < -0.4 is 14.2 Å². The second-order valence-corrected chi connectivity index (χ2v) is 5.84. The van der Waals surface area contributed by atoms with Gasteiger partial charge in [0.1, 0.15) is 5.75 Å². The third-order valence-electron chi connectivity index (χ3n) is 4.36. The Labute approximate surface area is 155 Å². The van der Waals surface area contributed by atoms with E-state index in [4.69, 9.17) is 14.2 Å². The van der Waals surface area contributed by atoms with Crippen molar-refractivity contribution in [2.45, 2.75) is 26.8 Å². The summed E-state index contributed by atoms with van der Waals surface area (Å²) < 4.78 is 16.2. The van der Waals surface area contributed by atoms with Crippen molar-refractivity contribution in [1.82, 2.24) is 4.90 Å². The van der Waals surface area contributed by atoms with Crippen LogP contribution in [0.5, 0.6) is 17.2 Å². The lowest BCUT2D eigenvalue weighted by Gasteiger charge is -2.29. The molecule has 140 valence electrons. The average molecular weight is 357 g/mol. The Balaban J connectivity index is 2.30.